The van der Waals surface area contributed by atoms with Crippen molar-refractivity contribution in [1.82, 2.24) is 14.4 Å². The van der Waals surface area contributed by atoms with Crippen LogP contribution in [0.2, 0.25) is 0 Å². The van der Waals surface area contributed by atoms with Gasteiger partial charge in [-0.25, -0.2) is 4.98 Å². The first-order chi connectivity index (χ1) is 10.3. The Bertz CT molecular complexity index is 887. The summed E-state index contributed by atoms with van der Waals surface area (Å²) in [4.78, 5) is 7.96. The topological polar surface area (TPSA) is 33.1 Å². The van der Waals surface area contributed by atoms with E-state index in [4.69, 9.17) is 0 Å². The molecule has 0 aliphatic rings. The van der Waals surface area contributed by atoms with Gasteiger partial charge >= 0.3 is 0 Å². The third-order valence-electron chi connectivity index (χ3n) is 3.65. The van der Waals surface area contributed by atoms with Gasteiger partial charge in [0.25, 0.3) is 0 Å². The maximum atomic E-state index is 4.60. The number of imidazole rings is 1. The summed E-state index contributed by atoms with van der Waals surface area (Å²) in [7, 11) is 0. The van der Waals surface area contributed by atoms with Crippen LogP contribution in [0, 0.1) is 6.92 Å². The summed E-state index contributed by atoms with van der Waals surface area (Å²) >= 11 is 1.74. The lowest BCUT2D eigenvalue weighted by Crippen LogP contribution is -1.82. The number of para-hydroxylation sites is 2. The summed E-state index contributed by atoms with van der Waals surface area (Å²) < 4.78 is 2.18. The number of nitrogens with zero attached hydrogens (tertiary/aromatic N) is 2. The van der Waals surface area contributed by atoms with Gasteiger partial charge in [0.2, 0.25) is 0 Å². The van der Waals surface area contributed by atoms with Gasteiger partial charge in [0.1, 0.15) is 0 Å². The normalized spacial score (nSPS) is 11.5. The summed E-state index contributed by atoms with van der Waals surface area (Å²) in [5, 5.41) is 0.975. The minimum atomic E-state index is 0.918. The monoisotopic (exact) mass is 293 g/mol. The van der Waals surface area contributed by atoms with Crippen LogP contribution in [0.5, 0.6) is 0 Å². The van der Waals surface area contributed by atoms with Gasteiger partial charge < -0.3 is 9.38 Å². The number of H-pyrrole nitrogens is 1. The second kappa shape index (κ2) is 4.97. The van der Waals surface area contributed by atoms with Gasteiger partial charge in [-0.3, -0.25) is 0 Å². The second-order valence-electron chi connectivity index (χ2n) is 5.18. The van der Waals surface area contributed by atoms with Crippen molar-refractivity contribution in [2.45, 2.75) is 17.8 Å². The molecule has 0 bridgehead atoms. The van der Waals surface area contributed by atoms with E-state index >= 15 is 0 Å². The average Bonchev–Trinajstić information content (AvgIpc) is 3.09. The van der Waals surface area contributed by atoms with Crippen LogP contribution in [-0.2, 0) is 5.75 Å². The smallest absolute Gasteiger partial charge is 0.166 e. The molecule has 21 heavy (non-hydrogen) atoms. The van der Waals surface area contributed by atoms with Crippen molar-refractivity contribution in [2.75, 3.05) is 0 Å². The Morgan fingerprint density at radius 1 is 1.19 bits per heavy atom. The molecule has 0 saturated heterocycles. The molecule has 0 saturated carbocycles. The number of hydrogen-bond acceptors (Lipinski definition) is 2. The number of pyridine rings is 1. The number of benzene rings is 1. The number of fused-ring (bicyclic) bond motifs is 2. The molecule has 0 radical (unpaired) electrons. The number of thioether (sulfide) groups is 1. The summed E-state index contributed by atoms with van der Waals surface area (Å²) in [6.07, 6.45) is 4.29. The van der Waals surface area contributed by atoms with Crippen molar-refractivity contribution in [1.29, 1.82) is 0 Å². The standard InChI is InChI=1S/C17H15N3S/c1-12-5-4-8-20-10-13(9-16(12)20)11-21-17-18-14-6-2-3-7-15(14)19-17/h2-10H,11H2,1H3,(H,18,19). The zero-order chi connectivity index (χ0) is 14.2. The quantitative estimate of drug-likeness (QED) is 0.567. The Morgan fingerprint density at radius 2 is 2.10 bits per heavy atom. The third-order valence-corrected chi connectivity index (χ3v) is 4.59. The fraction of sp³-hybridized carbons (Fsp3) is 0.118. The lowest BCUT2D eigenvalue weighted by atomic mass is 10.2. The first-order valence-electron chi connectivity index (χ1n) is 6.93. The van der Waals surface area contributed by atoms with E-state index in [2.05, 4.69) is 58.0 Å². The Balaban J connectivity index is 1.58. The van der Waals surface area contributed by atoms with E-state index in [1.54, 1.807) is 11.8 Å². The molecule has 0 aliphatic heterocycles. The van der Waals surface area contributed by atoms with Crippen LogP contribution in [0.25, 0.3) is 16.6 Å². The molecule has 0 spiro atoms. The van der Waals surface area contributed by atoms with Gasteiger partial charge in [-0.05, 0) is 42.3 Å². The van der Waals surface area contributed by atoms with Crippen molar-refractivity contribution < 1.29 is 0 Å². The Labute approximate surface area is 127 Å². The van der Waals surface area contributed by atoms with Crippen molar-refractivity contribution in [2.24, 2.45) is 0 Å². The van der Waals surface area contributed by atoms with Crippen molar-refractivity contribution in [3.8, 4) is 0 Å². The molecule has 3 aromatic heterocycles. The Kier molecular flexibility index (Phi) is 2.97. The molecule has 1 aromatic carbocycles. The molecule has 0 unspecified atom stereocenters. The molecule has 0 fully saturated rings. The maximum Gasteiger partial charge on any atom is 0.166 e. The van der Waals surface area contributed by atoms with Gasteiger partial charge in [-0.15, -0.1) is 0 Å². The van der Waals surface area contributed by atoms with Crippen LogP contribution in [-0.4, -0.2) is 14.4 Å². The predicted molar refractivity (Wildman–Crippen MR) is 87.8 cm³/mol. The number of aromatic amines is 1. The molecule has 104 valence electrons. The van der Waals surface area contributed by atoms with E-state index in [-0.39, 0.29) is 0 Å². The first kappa shape index (κ1) is 12.5. The Morgan fingerprint density at radius 3 is 2.95 bits per heavy atom. The highest BCUT2D eigenvalue weighted by molar-refractivity contribution is 7.98. The number of rotatable bonds is 3. The molecule has 1 N–H and O–H groups in total. The maximum absolute atomic E-state index is 4.60. The van der Waals surface area contributed by atoms with Gasteiger partial charge in [-0.1, -0.05) is 30.0 Å². The number of aromatic nitrogens is 3. The van der Waals surface area contributed by atoms with E-state index in [9.17, 15) is 0 Å². The highest BCUT2D eigenvalue weighted by Gasteiger charge is 2.05. The van der Waals surface area contributed by atoms with Crippen LogP contribution in [0.4, 0.5) is 0 Å². The van der Waals surface area contributed by atoms with E-state index in [1.807, 2.05) is 18.2 Å². The summed E-state index contributed by atoms with van der Waals surface area (Å²) in [6.45, 7) is 2.14. The predicted octanol–water partition coefficient (Wildman–Crippen LogP) is 4.42. The highest BCUT2D eigenvalue weighted by Crippen LogP contribution is 2.24. The van der Waals surface area contributed by atoms with Crippen LogP contribution >= 0.6 is 11.8 Å². The number of aryl methyl sites for hydroxylation is 1. The summed E-state index contributed by atoms with van der Waals surface area (Å²) in [5.41, 5.74) is 6.01. The first-order valence-corrected chi connectivity index (χ1v) is 7.92. The van der Waals surface area contributed by atoms with Gasteiger partial charge in [0.15, 0.2) is 5.16 Å². The molecule has 4 aromatic rings. The van der Waals surface area contributed by atoms with Crippen molar-refractivity contribution >= 4 is 28.3 Å². The summed E-state index contributed by atoms with van der Waals surface area (Å²) in [5.74, 6) is 0.918. The Hall–Kier alpha value is -2.20. The minimum absolute atomic E-state index is 0.918. The fourth-order valence-electron chi connectivity index (χ4n) is 2.57. The molecule has 0 amide bonds. The van der Waals surface area contributed by atoms with E-state index < -0.39 is 0 Å². The van der Waals surface area contributed by atoms with E-state index in [1.165, 1.54) is 16.6 Å². The van der Waals surface area contributed by atoms with Crippen LogP contribution < -0.4 is 0 Å². The average molecular weight is 293 g/mol. The minimum Gasteiger partial charge on any atom is -0.333 e. The molecule has 3 heterocycles. The largest absolute Gasteiger partial charge is 0.333 e. The van der Waals surface area contributed by atoms with Gasteiger partial charge in [0.05, 0.1) is 11.0 Å². The SMILES string of the molecule is Cc1cccn2cc(CSc3nc4ccccc4[nH]3)cc12. The third kappa shape index (κ3) is 2.32. The van der Waals surface area contributed by atoms with Crippen molar-refractivity contribution in [3.05, 3.63) is 66.0 Å². The highest BCUT2D eigenvalue weighted by atomic mass is 32.2. The zero-order valence-electron chi connectivity index (χ0n) is 11.7. The zero-order valence-corrected chi connectivity index (χ0v) is 12.5. The fourth-order valence-corrected chi connectivity index (χ4v) is 3.38. The van der Waals surface area contributed by atoms with Crippen LogP contribution in [0.15, 0.2) is 60.0 Å². The number of hydrogen-bond donors (Lipinski definition) is 1. The van der Waals surface area contributed by atoms with Gasteiger partial charge in [0, 0.05) is 23.7 Å². The summed E-state index contributed by atoms with van der Waals surface area (Å²) in [6, 6.07) is 14.6. The van der Waals surface area contributed by atoms with E-state index in [0.717, 1.165) is 21.9 Å². The second-order valence-corrected chi connectivity index (χ2v) is 6.14. The molecular weight excluding hydrogens is 278 g/mol. The molecular formula is C17H15N3S. The molecule has 4 heteroatoms. The van der Waals surface area contributed by atoms with Gasteiger partial charge in [-0.2, -0.15) is 0 Å². The molecule has 0 atom stereocenters. The van der Waals surface area contributed by atoms with Crippen LogP contribution in [0.1, 0.15) is 11.1 Å². The van der Waals surface area contributed by atoms with Crippen molar-refractivity contribution in [3.63, 3.8) is 0 Å². The lowest BCUT2D eigenvalue weighted by molar-refractivity contribution is 1.08. The van der Waals surface area contributed by atoms with E-state index in [0.29, 0.717) is 0 Å². The molecule has 0 aliphatic carbocycles. The number of nitrogens with one attached hydrogen (secondary N) is 1. The van der Waals surface area contributed by atoms with Crippen LogP contribution in [0.3, 0.4) is 0 Å². The molecule has 4 rings (SSSR count). The molecule has 3 nitrogen and oxygen atoms in total. The lowest BCUT2D eigenvalue weighted by Gasteiger charge is -1.95.